The molecule has 1 unspecified atom stereocenters. The number of nitrogens with one attached hydrogen (secondary N) is 2. The highest BCUT2D eigenvalue weighted by atomic mass is 35.5. The minimum absolute atomic E-state index is 0.0324. The van der Waals surface area contributed by atoms with Gasteiger partial charge in [0.2, 0.25) is 11.8 Å². The molecule has 3 rings (SSSR count). The Morgan fingerprint density at radius 1 is 1.03 bits per heavy atom. The zero-order valence-corrected chi connectivity index (χ0v) is 22.1. The van der Waals surface area contributed by atoms with Crippen molar-refractivity contribution in [3.8, 4) is 0 Å². The highest BCUT2D eigenvalue weighted by Crippen LogP contribution is 2.36. The number of nitrogens with zero attached hydrogens (tertiary/aromatic N) is 1. The molecule has 2 aromatic carbocycles. The molecule has 0 heterocycles. The van der Waals surface area contributed by atoms with Gasteiger partial charge in [0.15, 0.2) is 0 Å². The lowest BCUT2D eigenvalue weighted by Gasteiger charge is -2.45. The monoisotopic (exact) mass is 497 g/mol. The number of carbonyl (C=O) groups excluding carboxylic acids is 2. The third kappa shape index (κ3) is 8.36. The summed E-state index contributed by atoms with van der Waals surface area (Å²) >= 11 is 6.20. The number of likely N-dealkylation sites (N-methyl/N-ethyl adjacent to an activating group) is 1. The Balaban J connectivity index is 1.36. The Labute approximate surface area is 215 Å². The van der Waals surface area contributed by atoms with Crippen LogP contribution in [0.4, 0.5) is 0 Å². The highest BCUT2D eigenvalue weighted by Gasteiger charge is 2.37. The van der Waals surface area contributed by atoms with Crippen molar-refractivity contribution >= 4 is 23.4 Å². The molecule has 0 bridgehead atoms. The SMILES string of the molecule is CC(CCNC(=O)CCC(=O)NC1CCC(Cc2cccc(Cl)c2)(N(C)C)CC1)c1ccccc1. The Morgan fingerprint density at radius 3 is 2.37 bits per heavy atom. The van der Waals surface area contributed by atoms with E-state index in [4.69, 9.17) is 11.6 Å². The third-order valence-electron chi connectivity index (χ3n) is 7.50. The van der Waals surface area contributed by atoms with Crippen LogP contribution in [0, 0.1) is 0 Å². The molecule has 0 aliphatic heterocycles. The molecule has 1 fully saturated rings. The number of benzene rings is 2. The van der Waals surface area contributed by atoms with Gasteiger partial charge in [0.05, 0.1) is 0 Å². The fourth-order valence-corrected chi connectivity index (χ4v) is 5.31. The Morgan fingerprint density at radius 2 is 1.71 bits per heavy atom. The standard InChI is InChI=1S/C29H40ClN3O2/c1-22(24-9-5-4-6-10-24)16-19-31-27(34)12-13-28(35)32-26-14-17-29(18-15-26,33(2)3)21-23-8-7-11-25(30)20-23/h4-11,20,22,26H,12-19,21H2,1-3H3,(H,31,34)(H,32,35). The van der Waals surface area contributed by atoms with Gasteiger partial charge in [-0.25, -0.2) is 0 Å². The summed E-state index contributed by atoms with van der Waals surface area (Å²) in [5.74, 6) is 0.298. The van der Waals surface area contributed by atoms with E-state index in [-0.39, 0.29) is 36.2 Å². The summed E-state index contributed by atoms with van der Waals surface area (Å²) in [6, 6.07) is 18.6. The van der Waals surface area contributed by atoms with Gasteiger partial charge in [-0.15, -0.1) is 0 Å². The van der Waals surface area contributed by atoms with E-state index in [2.05, 4.69) is 54.8 Å². The van der Waals surface area contributed by atoms with Gasteiger partial charge in [0.1, 0.15) is 0 Å². The molecule has 0 radical (unpaired) electrons. The predicted molar refractivity (Wildman–Crippen MR) is 144 cm³/mol. The van der Waals surface area contributed by atoms with Gasteiger partial charge in [-0.1, -0.05) is 61.0 Å². The van der Waals surface area contributed by atoms with Crippen LogP contribution in [-0.2, 0) is 16.0 Å². The summed E-state index contributed by atoms with van der Waals surface area (Å²) in [5, 5.41) is 6.89. The van der Waals surface area contributed by atoms with E-state index in [1.54, 1.807) is 0 Å². The maximum Gasteiger partial charge on any atom is 0.220 e. The molecule has 1 atom stereocenters. The normalized spacial score (nSPS) is 20.9. The van der Waals surface area contributed by atoms with Gasteiger partial charge in [0.25, 0.3) is 0 Å². The summed E-state index contributed by atoms with van der Waals surface area (Å²) < 4.78 is 0. The molecule has 1 saturated carbocycles. The lowest BCUT2D eigenvalue weighted by atomic mass is 9.75. The molecule has 6 heteroatoms. The molecule has 5 nitrogen and oxygen atoms in total. The minimum Gasteiger partial charge on any atom is -0.356 e. The molecular formula is C29H40ClN3O2. The van der Waals surface area contributed by atoms with Crippen molar-refractivity contribution in [1.29, 1.82) is 0 Å². The van der Waals surface area contributed by atoms with Crippen molar-refractivity contribution in [3.05, 3.63) is 70.7 Å². The molecule has 0 saturated heterocycles. The van der Waals surface area contributed by atoms with E-state index in [0.717, 1.165) is 43.5 Å². The molecule has 2 N–H and O–H groups in total. The van der Waals surface area contributed by atoms with Crippen molar-refractivity contribution in [2.45, 2.75) is 75.8 Å². The molecule has 2 aromatic rings. The maximum atomic E-state index is 12.5. The summed E-state index contributed by atoms with van der Waals surface area (Å²) in [6.45, 7) is 2.79. The molecule has 35 heavy (non-hydrogen) atoms. The van der Waals surface area contributed by atoms with Gasteiger partial charge < -0.3 is 15.5 Å². The van der Waals surface area contributed by atoms with E-state index in [1.165, 1.54) is 11.1 Å². The second-order valence-corrected chi connectivity index (χ2v) is 10.7. The molecule has 2 amide bonds. The van der Waals surface area contributed by atoms with Gasteiger partial charge in [-0.05, 0) is 81.8 Å². The summed E-state index contributed by atoms with van der Waals surface area (Å²) in [4.78, 5) is 27.0. The van der Waals surface area contributed by atoms with Crippen LogP contribution >= 0.6 is 11.6 Å². The van der Waals surface area contributed by atoms with Gasteiger partial charge in [0, 0.05) is 36.0 Å². The number of hydrogen-bond acceptors (Lipinski definition) is 3. The topological polar surface area (TPSA) is 61.4 Å². The van der Waals surface area contributed by atoms with Crippen molar-refractivity contribution in [2.75, 3.05) is 20.6 Å². The van der Waals surface area contributed by atoms with Crippen LogP contribution in [0.25, 0.3) is 0 Å². The number of halogens is 1. The number of rotatable bonds is 11. The summed E-state index contributed by atoms with van der Waals surface area (Å²) in [7, 11) is 4.28. The van der Waals surface area contributed by atoms with Crippen LogP contribution in [0.15, 0.2) is 54.6 Å². The third-order valence-corrected chi connectivity index (χ3v) is 7.73. The average Bonchev–Trinajstić information content (AvgIpc) is 2.84. The lowest BCUT2D eigenvalue weighted by Crippen LogP contribution is -2.52. The first-order valence-corrected chi connectivity index (χ1v) is 13.2. The van der Waals surface area contributed by atoms with E-state index in [0.29, 0.717) is 12.5 Å². The Bertz CT molecular complexity index is 955. The summed E-state index contributed by atoms with van der Waals surface area (Å²) in [5.41, 5.74) is 2.60. The number of hydrogen-bond donors (Lipinski definition) is 2. The average molecular weight is 498 g/mol. The molecule has 1 aliphatic carbocycles. The van der Waals surface area contributed by atoms with Crippen molar-refractivity contribution in [1.82, 2.24) is 15.5 Å². The van der Waals surface area contributed by atoms with E-state index >= 15 is 0 Å². The molecular weight excluding hydrogens is 458 g/mol. The maximum absolute atomic E-state index is 12.5. The second-order valence-electron chi connectivity index (χ2n) is 10.2. The number of amides is 2. The van der Waals surface area contributed by atoms with Crippen LogP contribution in [0.5, 0.6) is 0 Å². The first-order chi connectivity index (χ1) is 16.8. The fraction of sp³-hybridized carbons (Fsp3) is 0.517. The predicted octanol–water partition coefficient (Wildman–Crippen LogP) is 5.33. The van der Waals surface area contributed by atoms with E-state index in [1.807, 2.05) is 36.4 Å². The highest BCUT2D eigenvalue weighted by molar-refractivity contribution is 6.30. The first kappa shape index (κ1) is 27.2. The van der Waals surface area contributed by atoms with Crippen LogP contribution in [0.1, 0.15) is 68.9 Å². The van der Waals surface area contributed by atoms with Crippen molar-refractivity contribution < 1.29 is 9.59 Å². The molecule has 0 aromatic heterocycles. The van der Waals surface area contributed by atoms with Crippen molar-refractivity contribution in [3.63, 3.8) is 0 Å². The molecule has 190 valence electrons. The molecule has 1 aliphatic rings. The van der Waals surface area contributed by atoms with E-state index in [9.17, 15) is 9.59 Å². The quantitative estimate of drug-likeness (QED) is 0.441. The fourth-order valence-electron chi connectivity index (χ4n) is 5.10. The zero-order chi connectivity index (χ0) is 25.3. The van der Waals surface area contributed by atoms with Gasteiger partial charge >= 0.3 is 0 Å². The minimum atomic E-state index is -0.0581. The smallest absolute Gasteiger partial charge is 0.220 e. The summed E-state index contributed by atoms with van der Waals surface area (Å²) in [6.07, 6.45) is 6.20. The lowest BCUT2D eigenvalue weighted by molar-refractivity contribution is -0.127. The van der Waals surface area contributed by atoms with E-state index < -0.39 is 0 Å². The van der Waals surface area contributed by atoms with Crippen LogP contribution in [0.3, 0.4) is 0 Å². The van der Waals surface area contributed by atoms with Crippen LogP contribution < -0.4 is 10.6 Å². The first-order valence-electron chi connectivity index (χ1n) is 12.8. The Hall–Kier alpha value is -2.37. The van der Waals surface area contributed by atoms with Gasteiger partial charge in [-0.2, -0.15) is 0 Å². The largest absolute Gasteiger partial charge is 0.356 e. The number of carbonyl (C=O) groups is 2. The van der Waals surface area contributed by atoms with Crippen LogP contribution in [-0.4, -0.2) is 48.9 Å². The van der Waals surface area contributed by atoms with Gasteiger partial charge in [-0.3, -0.25) is 9.59 Å². The second kappa shape index (κ2) is 13.1. The van der Waals surface area contributed by atoms with Crippen LogP contribution in [0.2, 0.25) is 5.02 Å². The molecule has 0 spiro atoms. The van der Waals surface area contributed by atoms with Crippen molar-refractivity contribution in [2.24, 2.45) is 0 Å². The zero-order valence-electron chi connectivity index (χ0n) is 21.4. The Kier molecular flexibility index (Phi) is 10.2.